The molecule has 5 nitrogen and oxygen atoms in total. The molecule has 1 saturated heterocycles. The molecule has 1 aliphatic carbocycles. The van der Waals surface area contributed by atoms with Crippen molar-refractivity contribution in [2.75, 3.05) is 18.9 Å². The first-order valence-electron chi connectivity index (χ1n) is 10.5. The monoisotopic (exact) mass is 425 g/mol. The highest BCUT2D eigenvalue weighted by Gasteiger charge is 2.52. The van der Waals surface area contributed by atoms with Gasteiger partial charge in [-0.25, -0.2) is 9.59 Å². The maximum Gasteiger partial charge on any atom is 0.410 e. The van der Waals surface area contributed by atoms with Gasteiger partial charge in [-0.05, 0) is 35.1 Å². The summed E-state index contributed by atoms with van der Waals surface area (Å²) in [5, 5.41) is 10.2. The fourth-order valence-corrected chi connectivity index (χ4v) is 6.05. The van der Waals surface area contributed by atoms with Crippen molar-refractivity contribution in [2.24, 2.45) is 0 Å². The van der Waals surface area contributed by atoms with Gasteiger partial charge in [0.05, 0.1) is 0 Å². The number of aliphatic carboxylic acids is 1. The summed E-state index contributed by atoms with van der Waals surface area (Å²) in [6.07, 6.45) is 0.589. The zero-order valence-electron chi connectivity index (χ0n) is 17.3. The lowest BCUT2D eigenvalue weighted by Crippen LogP contribution is -2.58. The SMILES string of the molecule is CCCN(C(=O)OCC1c2ccccc2-c2ccccc21)C1(C(=O)O)CSC(C)C1. The number of carbonyl (C=O) groups excluding carboxylic acids is 1. The topological polar surface area (TPSA) is 66.8 Å². The molecule has 2 aliphatic rings. The van der Waals surface area contributed by atoms with Crippen LogP contribution in [0.3, 0.4) is 0 Å². The summed E-state index contributed by atoms with van der Waals surface area (Å²) in [5.74, 6) is -0.586. The van der Waals surface area contributed by atoms with E-state index in [2.05, 4.69) is 24.3 Å². The number of carboxylic acids is 1. The normalized spacial score (nSPS) is 22.4. The number of amides is 1. The van der Waals surface area contributed by atoms with Gasteiger partial charge in [0.15, 0.2) is 5.54 Å². The zero-order chi connectivity index (χ0) is 21.3. The van der Waals surface area contributed by atoms with Crippen molar-refractivity contribution in [2.45, 2.75) is 43.4 Å². The van der Waals surface area contributed by atoms with Gasteiger partial charge >= 0.3 is 12.1 Å². The largest absolute Gasteiger partial charge is 0.479 e. The van der Waals surface area contributed by atoms with Crippen molar-refractivity contribution in [1.82, 2.24) is 4.90 Å². The third-order valence-electron chi connectivity index (χ3n) is 6.15. The molecule has 1 aliphatic heterocycles. The molecule has 158 valence electrons. The van der Waals surface area contributed by atoms with E-state index in [-0.39, 0.29) is 17.8 Å². The number of fused-ring (bicyclic) bond motifs is 3. The van der Waals surface area contributed by atoms with Gasteiger partial charge in [0.1, 0.15) is 6.61 Å². The molecule has 0 bridgehead atoms. The Bertz CT molecular complexity index is 916. The molecular formula is C24H27NO4S. The molecule has 0 saturated carbocycles. The Balaban J connectivity index is 1.57. The van der Waals surface area contributed by atoms with Crippen LogP contribution in [0.5, 0.6) is 0 Å². The van der Waals surface area contributed by atoms with E-state index in [1.807, 2.05) is 38.1 Å². The van der Waals surface area contributed by atoms with Gasteiger partial charge in [0.25, 0.3) is 0 Å². The number of carboxylic acid groups (broad SMARTS) is 1. The number of hydrogen-bond donors (Lipinski definition) is 1. The van der Waals surface area contributed by atoms with Crippen LogP contribution in [0.2, 0.25) is 0 Å². The first kappa shape index (κ1) is 20.8. The van der Waals surface area contributed by atoms with Gasteiger partial charge in [-0.15, -0.1) is 0 Å². The fraction of sp³-hybridized carbons (Fsp3) is 0.417. The molecule has 1 heterocycles. The van der Waals surface area contributed by atoms with Crippen LogP contribution in [0.25, 0.3) is 11.1 Å². The summed E-state index contributed by atoms with van der Waals surface area (Å²) < 4.78 is 5.79. The third kappa shape index (κ3) is 3.47. The minimum absolute atomic E-state index is 0.0394. The average Bonchev–Trinajstić information content (AvgIpc) is 3.29. The Labute approximate surface area is 181 Å². The van der Waals surface area contributed by atoms with Crippen LogP contribution in [0.15, 0.2) is 48.5 Å². The highest BCUT2D eigenvalue weighted by Crippen LogP contribution is 2.45. The molecule has 0 radical (unpaired) electrons. The van der Waals surface area contributed by atoms with Crippen molar-refractivity contribution < 1.29 is 19.4 Å². The van der Waals surface area contributed by atoms with Crippen LogP contribution >= 0.6 is 11.8 Å². The lowest BCUT2D eigenvalue weighted by Gasteiger charge is -2.36. The number of benzene rings is 2. The number of ether oxygens (including phenoxy) is 1. The minimum Gasteiger partial charge on any atom is -0.479 e. The average molecular weight is 426 g/mol. The van der Waals surface area contributed by atoms with Crippen molar-refractivity contribution in [1.29, 1.82) is 0 Å². The second-order valence-corrected chi connectivity index (χ2v) is 9.54. The second kappa shape index (κ2) is 8.34. The maximum absolute atomic E-state index is 13.1. The Morgan fingerprint density at radius 2 is 1.73 bits per heavy atom. The standard InChI is InChI=1S/C24H27NO4S/c1-3-12-25(24(22(26)27)13-16(2)30-15-24)23(28)29-14-21-19-10-6-4-8-17(19)18-9-5-7-11-20(18)21/h4-11,16,21H,3,12-15H2,1-2H3,(H,26,27). The number of hydrogen-bond acceptors (Lipinski definition) is 4. The van der Waals surface area contributed by atoms with E-state index in [1.54, 1.807) is 11.8 Å². The molecule has 2 aromatic rings. The highest BCUT2D eigenvalue weighted by atomic mass is 32.2. The molecule has 6 heteroatoms. The first-order valence-corrected chi connectivity index (χ1v) is 11.5. The molecule has 1 fully saturated rings. The number of thioether (sulfide) groups is 1. The van der Waals surface area contributed by atoms with Gasteiger partial charge in [0.2, 0.25) is 0 Å². The van der Waals surface area contributed by atoms with Crippen LogP contribution in [0.1, 0.15) is 43.7 Å². The van der Waals surface area contributed by atoms with E-state index in [9.17, 15) is 14.7 Å². The van der Waals surface area contributed by atoms with Gasteiger partial charge in [-0.1, -0.05) is 62.4 Å². The Kier molecular flexibility index (Phi) is 5.78. The molecule has 4 rings (SSSR count). The van der Waals surface area contributed by atoms with Crippen LogP contribution in [0.4, 0.5) is 4.79 Å². The Morgan fingerprint density at radius 1 is 1.13 bits per heavy atom. The molecule has 1 amide bonds. The lowest BCUT2D eigenvalue weighted by atomic mass is 9.94. The van der Waals surface area contributed by atoms with Gasteiger partial charge in [-0.2, -0.15) is 11.8 Å². The summed E-state index contributed by atoms with van der Waals surface area (Å²) in [6.45, 7) is 4.53. The summed E-state index contributed by atoms with van der Waals surface area (Å²) in [6, 6.07) is 16.4. The molecule has 0 aromatic heterocycles. The molecule has 2 aromatic carbocycles. The quantitative estimate of drug-likeness (QED) is 0.706. The summed E-state index contributed by atoms with van der Waals surface area (Å²) in [7, 11) is 0. The van der Waals surface area contributed by atoms with Crippen molar-refractivity contribution in [3.63, 3.8) is 0 Å². The van der Waals surface area contributed by atoms with E-state index >= 15 is 0 Å². The van der Waals surface area contributed by atoms with Crippen molar-refractivity contribution >= 4 is 23.8 Å². The number of carbonyl (C=O) groups is 2. The molecule has 1 N–H and O–H groups in total. The van der Waals surface area contributed by atoms with E-state index in [0.717, 1.165) is 11.1 Å². The Hall–Kier alpha value is -2.47. The van der Waals surface area contributed by atoms with E-state index in [4.69, 9.17) is 4.74 Å². The summed E-state index contributed by atoms with van der Waals surface area (Å²) in [5.41, 5.74) is 3.44. The van der Waals surface area contributed by atoms with Gasteiger partial charge < -0.3 is 9.84 Å². The van der Waals surface area contributed by atoms with E-state index in [1.165, 1.54) is 16.0 Å². The molecule has 2 atom stereocenters. The third-order valence-corrected chi connectivity index (χ3v) is 7.53. The molecule has 30 heavy (non-hydrogen) atoms. The van der Waals surface area contributed by atoms with E-state index in [0.29, 0.717) is 25.1 Å². The summed E-state index contributed by atoms with van der Waals surface area (Å²) in [4.78, 5) is 26.8. The van der Waals surface area contributed by atoms with Crippen LogP contribution < -0.4 is 0 Å². The lowest BCUT2D eigenvalue weighted by molar-refractivity contribution is -0.149. The van der Waals surface area contributed by atoms with Gasteiger partial charge in [-0.3, -0.25) is 4.90 Å². The number of nitrogens with zero attached hydrogens (tertiary/aromatic N) is 1. The summed E-state index contributed by atoms with van der Waals surface area (Å²) >= 11 is 1.60. The predicted octanol–water partition coefficient (Wildman–Crippen LogP) is 5.00. The predicted molar refractivity (Wildman–Crippen MR) is 119 cm³/mol. The molecular weight excluding hydrogens is 398 g/mol. The second-order valence-electron chi connectivity index (χ2n) is 8.12. The van der Waals surface area contributed by atoms with Crippen LogP contribution in [-0.4, -0.2) is 51.8 Å². The smallest absolute Gasteiger partial charge is 0.410 e. The van der Waals surface area contributed by atoms with Crippen LogP contribution in [0, 0.1) is 0 Å². The van der Waals surface area contributed by atoms with Crippen molar-refractivity contribution in [3.8, 4) is 11.1 Å². The van der Waals surface area contributed by atoms with E-state index < -0.39 is 17.6 Å². The Morgan fingerprint density at radius 3 is 2.23 bits per heavy atom. The molecule has 2 unspecified atom stereocenters. The molecule has 0 spiro atoms. The minimum atomic E-state index is -1.19. The first-order chi connectivity index (χ1) is 14.5. The van der Waals surface area contributed by atoms with Gasteiger partial charge in [0, 0.05) is 23.5 Å². The highest BCUT2D eigenvalue weighted by molar-refractivity contribution is 8.00. The fourth-order valence-electron chi connectivity index (χ4n) is 4.70. The number of rotatable bonds is 6. The maximum atomic E-state index is 13.1. The zero-order valence-corrected chi connectivity index (χ0v) is 18.2. The van der Waals surface area contributed by atoms with Crippen molar-refractivity contribution in [3.05, 3.63) is 59.7 Å². The van der Waals surface area contributed by atoms with Crippen LogP contribution in [-0.2, 0) is 9.53 Å².